The fraction of sp³-hybridized carbons (Fsp3) is 0.538. The van der Waals surface area contributed by atoms with Crippen LogP contribution in [0, 0.1) is 0 Å². The second-order valence-corrected chi connectivity index (χ2v) is 5.36. The van der Waals surface area contributed by atoms with Gasteiger partial charge in [-0.1, -0.05) is 19.9 Å². The number of aliphatic hydroxyl groups is 1. The highest BCUT2D eigenvalue weighted by atomic mass is 16.5. The van der Waals surface area contributed by atoms with Crippen LogP contribution in [0.2, 0.25) is 0 Å². The average Bonchev–Trinajstić information content (AvgIpc) is 2.61. The first kappa shape index (κ1) is 11.3. The Morgan fingerprint density at radius 3 is 2.56 bits per heavy atom. The molecule has 16 heavy (non-hydrogen) atoms. The third kappa shape index (κ3) is 1.65. The van der Waals surface area contributed by atoms with E-state index in [0.29, 0.717) is 6.73 Å². The van der Waals surface area contributed by atoms with Gasteiger partial charge in [0.05, 0.1) is 11.3 Å². The molecule has 0 bridgehead atoms. The first-order valence-corrected chi connectivity index (χ1v) is 5.56. The van der Waals surface area contributed by atoms with Gasteiger partial charge in [-0.2, -0.15) is 0 Å². The zero-order valence-corrected chi connectivity index (χ0v) is 10.3. The van der Waals surface area contributed by atoms with E-state index in [4.69, 9.17) is 4.74 Å². The highest BCUT2D eigenvalue weighted by molar-refractivity contribution is 5.61. The van der Waals surface area contributed by atoms with Crippen LogP contribution in [0.4, 0.5) is 5.69 Å². The molecule has 1 aliphatic rings. The topological polar surface area (TPSA) is 41.5 Å². The molecule has 0 amide bonds. The van der Waals surface area contributed by atoms with E-state index in [9.17, 15) is 5.11 Å². The molecular weight excluding hydrogens is 202 g/mol. The van der Waals surface area contributed by atoms with Crippen molar-refractivity contribution in [3.63, 3.8) is 0 Å². The second kappa shape index (κ2) is 3.39. The Bertz CT molecular complexity index is 405. The Balaban J connectivity index is 2.42. The minimum Gasteiger partial charge on any atom is -0.471 e. The van der Waals surface area contributed by atoms with Crippen LogP contribution in [0.3, 0.4) is 0 Å². The van der Waals surface area contributed by atoms with Gasteiger partial charge in [0.1, 0.15) is 5.75 Å². The van der Waals surface area contributed by atoms with Gasteiger partial charge in [-0.15, -0.1) is 0 Å². The average molecular weight is 221 g/mol. The van der Waals surface area contributed by atoms with Crippen LogP contribution in [0.1, 0.15) is 33.3 Å². The van der Waals surface area contributed by atoms with Crippen molar-refractivity contribution in [2.24, 2.45) is 0 Å². The summed E-state index contributed by atoms with van der Waals surface area (Å²) in [5, 5.41) is 13.3. The van der Waals surface area contributed by atoms with Crippen LogP contribution in [0.5, 0.6) is 5.75 Å². The van der Waals surface area contributed by atoms with Gasteiger partial charge in [-0.3, -0.25) is 0 Å². The summed E-state index contributed by atoms with van der Waals surface area (Å²) in [5.41, 5.74) is 1.03. The molecule has 0 aliphatic carbocycles. The third-order valence-electron chi connectivity index (χ3n) is 3.72. The number of fused-ring (bicyclic) bond motifs is 1. The van der Waals surface area contributed by atoms with Crippen molar-refractivity contribution in [1.82, 2.24) is 0 Å². The van der Waals surface area contributed by atoms with Gasteiger partial charge in [0.2, 0.25) is 0 Å². The molecule has 3 heteroatoms. The molecule has 1 aromatic carbocycles. The van der Waals surface area contributed by atoms with E-state index in [1.54, 1.807) is 0 Å². The Morgan fingerprint density at radius 2 is 1.94 bits per heavy atom. The first-order chi connectivity index (χ1) is 7.32. The summed E-state index contributed by atoms with van der Waals surface area (Å²) in [6.45, 7) is 8.27. The smallest absolute Gasteiger partial charge is 0.159 e. The fourth-order valence-electron chi connectivity index (χ4n) is 1.72. The maximum absolute atomic E-state index is 10.2. The van der Waals surface area contributed by atoms with E-state index in [0.717, 1.165) is 17.0 Å². The molecule has 0 fully saturated rings. The van der Waals surface area contributed by atoms with Crippen LogP contribution in [0.15, 0.2) is 18.2 Å². The molecule has 2 rings (SSSR count). The lowest BCUT2D eigenvalue weighted by Crippen LogP contribution is -2.42. The van der Waals surface area contributed by atoms with E-state index in [-0.39, 0.29) is 5.41 Å². The van der Waals surface area contributed by atoms with Crippen LogP contribution < -0.4 is 10.1 Å². The molecule has 2 N–H and O–H groups in total. The summed E-state index contributed by atoms with van der Waals surface area (Å²) in [7, 11) is 0. The molecule has 1 aromatic rings. The summed E-state index contributed by atoms with van der Waals surface area (Å²) in [4.78, 5) is 0. The summed E-state index contributed by atoms with van der Waals surface area (Å²) in [6.07, 6.45) is 0. The highest BCUT2D eigenvalue weighted by Crippen LogP contribution is 2.39. The molecule has 0 saturated heterocycles. The monoisotopic (exact) mass is 221 g/mol. The number of benzene rings is 1. The van der Waals surface area contributed by atoms with Crippen molar-refractivity contribution in [3.05, 3.63) is 23.8 Å². The summed E-state index contributed by atoms with van der Waals surface area (Å²) < 4.78 is 5.45. The quantitative estimate of drug-likeness (QED) is 0.806. The summed E-state index contributed by atoms with van der Waals surface area (Å²) in [6, 6.07) is 6.05. The van der Waals surface area contributed by atoms with E-state index in [2.05, 4.69) is 5.32 Å². The van der Waals surface area contributed by atoms with Gasteiger partial charge in [0.25, 0.3) is 0 Å². The molecule has 0 saturated carbocycles. The van der Waals surface area contributed by atoms with Crippen LogP contribution >= 0.6 is 0 Å². The number of hydrogen-bond donors (Lipinski definition) is 2. The molecule has 0 atom stereocenters. The number of hydrogen-bond acceptors (Lipinski definition) is 3. The molecular formula is C13H19NO2. The van der Waals surface area contributed by atoms with Gasteiger partial charge in [0.15, 0.2) is 6.73 Å². The van der Waals surface area contributed by atoms with Crippen molar-refractivity contribution in [3.8, 4) is 5.75 Å². The molecule has 0 aromatic heterocycles. The summed E-state index contributed by atoms with van der Waals surface area (Å²) in [5.74, 6) is 0.870. The highest BCUT2D eigenvalue weighted by Gasteiger charge is 2.37. The van der Waals surface area contributed by atoms with E-state index >= 15 is 0 Å². The van der Waals surface area contributed by atoms with E-state index < -0.39 is 5.60 Å². The van der Waals surface area contributed by atoms with Crippen molar-refractivity contribution >= 4 is 5.69 Å². The lowest BCUT2D eigenvalue weighted by molar-refractivity contribution is 0.00959. The normalized spacial score (nSPS) is 15.3. The zero-order chi connectivity index (χ0) is 12.0. The Labute approximate surface area is 96.4 Å². The van der Waals surface area contributed by atoms with E-state index in [1.165, 1.54) is 0 Å². The van der Waals surface area contributed by atoms with Gasteiger partial charge in [-0.05, 0) is 31.5 Å². The molecule has 0 radical (unpaired) electrons. The molecule has 1 aliphatic heterocycles. The first-order valence-electron chi connectivity index (χ1n) is 5.56. The Kier molecular flexibility index (Phi) is 2.39. The maximum atomic E-state index is 10.2. The molecule has 0 unspecified atom stereocenters. The fourth-order valence-corrected chi connectivity index (χ4v) is 1.72. The van der Waals surface area contributed by atoms with Crippen LogP contribution in [-0.4, -0.2) is 17.4 Å². The number of rotatable bonds is 2. The third-order valence-corrected chi connectivity index (χ3v) is 3.72. The van der Waals surface area contributed by atoms with Crippen molar-refractivity contribution < 1.29 is 9.84 Å². The van der Waals surface area contributed by atoms with Crippen molar-refractivity contribution in [1.29, 1.82) is 0 Å². The maximum Gasteiger partial charge on any atom is 0.159 e. The molecule has 1 heterocycles. The lowest BCUT2D eigenvalue weighted by atomic mass is 9.72. The van der Waals surface area contributed by atoms with Gasteiger partial charge in [0, 0.05) is 5.41 Å². The standard InChI is InChI=1S/C13H19NO2/c1-12(2,13(3,4)15)9-5-6-10-11(7-9)16-8-14-10/h5-7,14-15H,8H2,1-4H3. The summed E-state index contributed by atoms with van der Waals surface area (Å²) >= 11 is 0. The predicted octanol–water partition coefficient (Wildman–Crippen LogP) is 2.50. The minimum absolute atomic E-state index is 0.312. The largest absolute Gasteiger partial charge is 0.471 e. The Hall–Kier alpha value is -1.22. The van der Waals surface area contributed by atoms with Crippen molar-refractivity contribution in [2.75, 3.05) is 12.0 Å². The predicted molar refractivity (Wildman–Crippen MR) is 64.9 cm³/mol. The SMILES string of the molecule is CC(C)(O)C(C)(C)c1ccc2c(c1)OCN2. The Morgan fingerprint density at radius 1 is 1.25 bits per heavy atom. The van der Waals surface area contributed by atoms with Crippen LogP contribution in [0.25, 0.3) is 0 Å². The number of ether oxygens (including phenoxy) is 1. The number of nitrogens with one attached hydrogen (secondary N) is 1. The van der Waals surface area contributed by atoms with Gasteiger partial charge in [-0.25, -0.2) is 0 Å². The van der Waals surface area contributed by atoms with Crippen LogP contribution in [-0.2, 0) is 5.41 Å². The zero-order valence-electron chi connectivity index (χ0n) is 10.3. The van der Waals surface area contributed by atoms with Gasteiger partial charge >= 0.3 is 0 Å². The molecule has 3 nitrogen and oxygen atoms in total. The second-order valence-electron chi connectivity index (χ2n) is 5.36. The molecule has 0 spiro atoms. The molecule has 88 valence electrons. The minimum atomic E-state index is -0.771. The van der Waals surface area contributed by atoms with E-state index in [1.807, 2.05) is 45.9 Å². The van der Waals surface area contributed by atoms with Crippen molar-refractivity contribution in [2.45, 2.75) is 38.7 Å². The van der Waals surface area contributed by atoms with Gasteiger partial charge < -0.3 is 15.2 Å². The number of anilines is 1. The lowest BCUT2D eigenvalue weighted by Gasteiger charge is -2.37.